The van der Waals surface area contributed by atoms with Crippen molar-refractivity contribution in [2.45, 2.75) is 52.1 Å². The SMILES string of the molecule is CC(O)COC(=O)CN(CCN(CC(=O)OCC(C)O)CC(=O)OCC(C)O)CC(=O)OCC(C)O. The molecule has 0 aliphatic carbocycles. The van der Waals surface area contributed by atoms with Gasteiger partial charge in [-0.2, -0.15) is 0 Å². The Morgan fingerprint density at radius 2 is 0.694 bits per heavy atom. The Morgan fingerprint density at radius 3 is 0.861 bits per heavy atom. The third-order valence-electron chi connectivity index (χ3n) is 4.09. The van der Waals surface area contributed by atoms with Crippen LogP contribution in [0.15, 0.2) is 0 Å². The summed E-state index contributed by atoms with van der Waals surface area (Å²) < 4.78 is 19.7. The normalized spacial score (nSPS) is 14.6. The van der Waals surface area contributed by atoms with E-state index in [0.717, 1.165) is 0 Å². The van der Waals surface area contributed by atoms with Gasteiger partial charge in [-0.3, -0.25) is 29.0 Å². The first kappa shape index (κ1) is 33.6. The summed E-state index contributed by atoms with van der Waals surface area (Å²) in [5.74, 6) is -2.89. The van der Waals surface area contributed by atoms with Crippen LogP contribution in [0, 0.1) is 0 Å². The second-order valence-electron chi connectivity index (χ2n) is 8.55. The number of hydrogen-bond acceptors (Lipinski definition) is 14. The van der Waals surface area contributed by atoms with Gasteiger partial charge in [0.15, 0.2) is 0 Å². The van der Waals surface area contributed by atoms with Gasteiger partial charge in [-0.1, -0.05) is 0 Å². The van der Waals surface area contributed by atoms with Crippen molar-refractivity contribution < 1.29 is 58.6 Å². The fraction of sp³-hybridized carbons (Fsp3) is 0.818. The van der Waals surface area contributed by atoms with Crippen LogP contribution < -0.4 is 0 Å². The lowest BCUT2D eigenvalue weighted by Gasteiger charge is -2.26. The van der Waals surface area contributed by atoms with Gasteiger partial charge in [0, 0.05) is 13.1 Å². The van der Waals surface area contributed by atoms with Crippen LogP contribution in [0.3, 0.4) is 0 Å². The molecule has 0 saturated heterocycles. The number of hydrogen-bond donors (Lipinski definition) is 4. The number of esters is 4. The summed E-state index contributed by atoms with van der Waals surface area (Å²) in [5.41, 5.74) is 0. The number of aliphatic hydroxyl groups is 4. The summed E-state index contributed by atoms with van der Waals surface area (Å²) in [7, 11) is 0. The molecule has 0 aromatic carbocycles. The van der Waals surface area contributed by atoms with Crippen LogP contribution in [0.25, 0.3) is 0 Å². The molecule has 210 valence electrons. The molecule has 0 aliphatic rings. The van der Waals surface area contributed by atoms with Crippen LogP contribution in [0.5, 0.6) is 0 Å². The number of nitrogens with zero attached hydrogens (tertiary/aromatic N) is 2. The summed E-state index contributed by atoms with van der Waals surface area (Å²) in [6, 6.07) is 0. The van der Waals surface area contributed by atoms with Crippen LogP contribution in [-0.4, -0.2) is 144 Å². The molecular weight excluding hydrogens is 484 g/mol. The molecule has 14 nitrogen and oxygen atoms in total. The Morgan fingerprint density at radius 1 is 0.500 bits per heavy atom. The Balaban J connectivity index is 5.26. The van der Waals surface area contributed by atoms with Crippen molar-refractivity contribution in [1.29, 1.82) is 0 Å². The quantitative estimate of drug-likeness (QED) is 0.101. The Bertz CT molecular complexity index is 561. The van der Waals surface area contributed by atoms with E-state index in [4.69, 9.17) is 18.9 Å². The van der Waals surface area contributed by atoms with E-state index < -0.39 is 48.3 Å². The highest BCUT2D eigenvalue weighted by Crippen LogP contribution is 2.00. The van der Waals surface area contributed by atoms with Crippen LogP contribution in [0.4, 0.5) is 0 Å². The molecular formula is C22H40N2O12. The Hall–Kier alpha value is -2.36. The maximum atomic E-state index is 12.1. The minimum Gasteiger partial charge on any atom is -0.462 e. The largest absolute Gasteiger partial charge is 0.462 e. The molecule has 4 atom stereocenters. The molecule has 0 saturated carbocycles. The number of ether oxygens (including phenoxy) is 4. The second kappa shape index (κ2) is 18.8. The third kappa shape index (κ3) is 19.9. The van der Waals surface area contributed by atoms with Crippen LogP contribution >= 0.6 is 0 Å². The van der Waals surface area contributed by atoms with E-state index in [1.54, 1.807) is 0 Å². The molecule has 0 spiro atoms. The first-order valence-electron chi connectivity index (χ1n) is 11.6. The molecule has 0 fully saturated rings. The number of rotatable bonds is 19. The fourth-order valence-electron chi connectivity index (χ4n) is 2.48. The predicted molar refractivity (Wildman–Crippen MR) is 123 cm³/mol. The van der Waals surface area contributed by atoms with Crippen molar-refractivity contribution in [3.8, 4) is 0 Å². The Kier molecular flexibility index (Phi) is 17.6. The van der Waals surface area contributed by atoms with E-state index in [-0.39, 0.29) is 65.7 Å². The summed E-state index contributed by atoms with van der Waals surface area (Å²) in [5, 5.41) is 37.2. The molecule has 4 unspecified atom stereocenters. The molecule has 0 rings (SSSR count). The molecule has 0 radical (unpaired) electrons. The lowest BCUT2D eigenvalue weighted by Crippen LogP contribution is -2.44. The molecule has 0 aromatic heterocycles. The average Bonchev–Trinajstić information content (AvgIpc) is 2.76. The lowest BCUT2D eigenvalue weighted by molar-refractivity contribution is -0.154. The number of carbonyl (C=O) groups excluding carboxylic acids is 4. The van der Waals surface area contributed by atoms with Gasteiger partial charge in [0.2, 0.25) is 0 Å². The standard InChI is InChI=1S/C22H40N2O12/c1-15(25)11-33-19(29)7-23(8-20(30)34-12-16(2)26)5-6-24(9-21(31)35-13-17(3)27)10-22(32)36-14-18(4)28/h15-18,25-28H,5-14H2,1-4H3. The highest BCUT2D eigenvalue weighted by molar-refractivity contribution is 5.76. The van der Waals surface area contributed by atoms with Crippen LogP contribution in [0.1, 0.15) is 27.7 Å². The molecule has 0 heterocycles. The van der Waals surface area contributed by atoms with Gasteiger partial charge >= 0.3 is 23.9 Å². The third-order valence-corrected chi connectivity index (χ3v) is 4.09. The molecule has 0 aromatic rings. The summed E-state index contributed by atoms with van der Waals surface area (Å²) in [6.07, 6.45) is -3.52. The molecule has 0 aliphatic heterocycles. The zero-order chi connectivity index (χ0) is 27.7. The van der Waals surface area contributed by atoms with E-state index >= 15 is 0 Å². The summed E-state index contributed by atoms with van der Waals surface area (Å²) >= 11 is 0. The zero-order valence-corrected chi connectivity index (χ0v) is 21.3. The van der Waals surface area contributed by atoms with Crippen LogP contribution in [0.2, 0.25) is 0 Å². The smallest absolute Gasteiger partial charge is 0.320 e. The maximum absolute atomic E-state index is 12.1. The van der Waals surface area contributed by atoms with Crippen molar-refractivity contribution in [1.82, 2.24) is 9.80 Å². The van der Waals surface area contributed by atoms with E-state index in [2.05, 4.69) is 0 Å². The average molecular weight is 525 g/mol. The van der Waals surface area contributed by atoms with E-state index in [1.807, 2.05) is 0 Å². The van der Waals surface area contributed by atoms with Gasteiger partial charge in [0.25, 0.3) is 0 Å². The molecule has 0 bridgehead atoms. The van der Waals surface area contributed by atoms with Gasteiger partial charge in [-0.25, -0.2) is 0 Å². The Labute approximate surface area is 210 Å². The topological polar surface area (TPSA) is 193 Å². The minimum atomic E-state index is -0.880. The first-order chi connectivity index (χ1) is 16.8. The molecule has 4 N–H and O–H groups in total. The van der Waals surface area contributed by atoms with Crippen molar-refractivity contribution in [3.05, 3.63) is 0 Å². The van der Waals surface area contributed by atoms with Crippen molar-refractivity contribution in [3.63, 3.8) is 0 Å². The van der Waals surface area contributed by atoms with Gasteiger partial charge in [0.05, 0.1) is 50.6 Å². The van der Waals surface area contributed by atoms with Gasteiger partial charge < -0.3 is 39.4 Å². The van der Waals surface area contributed by atoms with E-state index in [1.165, 1.54) is 37.5 Å². The summed E-state index contributed by atoms with van der Waals surface area (Å²) in [4.78, 5) is 51.2. The monoisotopic (exact) mass is 524 g/mol. The second-order valence-corrected chi connectivity index (χ2v) is 8.55. The van der Waals surface area contributed by atoms with E-state index in [9.17, 15) is 39.6 Å². The predicted octanol–water partition coefficient (Wildman–Crippen LogP) is -2.71. The fourth-order valence-corrected chi connectivity index (χ4v) is 2.48. The first-order valence-corrected chi connectivity index (χ1v) is 11.6. The van der Waals surface area contributed by atoms with Crippen LogP contribution in [-0.2, 0) is 38.1 Å². The lowest BCUT2D eigenvalue weighted by atomic mass is 10.3. The molecule has 36 heavy (non-hydrogen) atoms. The minimum absolute atomic E-state index is 0.000915. The maximum Gasteiger partial charge on any atom is 0.320 e. The highest BCUT2D eigenvalue weighted by atomic mass is 16.6. The van der Waals surface area contributed by atoms with Gasteiger partial charge in [0.1, 0.15) is 26.4 Å². The van der Waals surface area contributed by atoms with Gasteiger partial charge in [-0.05, 0) is 27.7 Å². The van der Waals surface area contributed by atoms with Crippen molar-refractivity contribution in [2.24, 2.45) is 0 Å². The molecule has 0 amide bonds. The van der Waals surface area contributed by atoms with Crippen molar-refractivity contribution in [2.75, 3.05) is 65.7 Å². The van der Waals surface area contributed by atoms with E-state index in [0.29, 0.717) is 0 Å². The summed E-state index contributed by atoms with van der Waals surface area (Å²) in [6.45, 7) is 3.34. The number of carbonyl (C=O) groups is 4. The zero-order valence-electron chi connectivity index (χ0n) is 21.3. The van der Waals surface area contributed by atoms with Gasteiger partial charge in [-0.15, -0.1) is 0 Å². The number of aliphatic hydroxyl groups excluding tert-OH is 4. The highest BCUT2D eigenvalue weighted by Gasteiger charge is 2.22. The molecule has 14 heteroatoms. The van der Waals surface area contributed by atoms with Crippen molar-refractivity contribution >= 4 is 23.9 Å².